The van der Waals surface area contributed by atoms with Gasteiger partial charge in [-0.3, -0.25) is 9.59 Å². The fourth-order valence-corrected chi connectivity index (χ4v) is 5.24. The predicted molar refractivity (Wildman–Crippen MR) is 144 cm³/mol. The highest BCUT2D eigenvalue weighted by Crippen LogP contribution is 2.24. The third-order valence-electron chi connectivity index (χ3n) is 6.04. The lowest BCUT2D eigenvalue weighted by Crippen LogP contribution is -2.50. The molecule has 10 heteroatoms. The largest absolute Gasteiger partial charge is 0.352 e. The van der Waals surface area contributed by atoms with Crippen LogP contribution in [0, 0.1) is 0 Å². The molecule has 2 amide bonds. The molecule has 0 aliphatic heterocycles. The van der Waals surface area contributed by atoms with Gasteiger partial charge in [-0.2, -0.15) is 0 Å². The molecule has 0 radical (unpaired) electrons. The second-order valence-corrected chi connectivity index (χ2v) is 11.6. The summed E-state index contributed by atoms with van der Waals surface area (Å²) in [6.07, 6.45) is 1.59. The molecule has 36 heavy (non-hydrogen) atoms. The number of sulfonamides is 1. The molecule has 0 fully saturated rings. The summed E-state index contributed by atoms with van der Waals surface area (Å²) in [4.78, 5) is 28.2. The Morgan fingerprint density at radius 2 is 1.67 bits per heavy atom. The number of nitrogens with one attached hydrogen (secondary N) is 1. The lowest BCUT2D eigenvalue weighted by atomic mass is 10.1. The molecule has 1 N–H and O–H groups in total. The minimum Gasteiger partial charge on any atom is -0.352 e. The summed E-state index contributed by atoms with van der Waals surface area (Å²) in [6.45, 7) is 6.10. The predicted octanol–water partition coefficient (Wildman–Crippen LogP) is 5.12. The van der Waals surface area contributed by atoms with Gasteiger partial charge in [0.05, 0.1) is 14.9 Å². The zero-order valence-corrected chi connectivity index (χ0v) is 23.5. The molecule has 2 rings (SSSR count). The van der Waals surface area contributed by atoms with Crippen LogP contribution in [0.3, 0.4) is 0 Å². The van der Waals surface area contributed by atoms with Crippen molar-refractivity contribution in [3.8, 4) is 0 Å². The SMILES string of the molecule is CC[C@H](C)NC(=O)[C@H](CC)N(Cc1ccc(Cl)c(Cl)c1)C(=O)CCCN(C)S(=O)(=O)c1ccccc1. The van der Waals surface area contributed by atoms with Crippen LogP contribution in [0.1, 0.15) is 52.0 Å². The first-order chi connectivity index (χ1) is 17.0. The molecule has 0 saturated carbocycles. The van der Waals surface area contributed by atoms with Crippen molar-refractivity contribution in [2.45, 2.75) is 70.0 Å². The zero-order chi connectivity index (χ0) is 26.9. The molecule has 2 aromatic rings. The molecule has 198 valence electrons. The fraction of sp³-hybridized carbons (Fsp3) is 0.462. The van der Waals surface area contributed by atoms with Crippen LogP contribution in [0.5, 0.6) is 0 Å². The average Bonchev–Trinajstić information content (AvgIpc) is 2.86. The summed E-state index contributed by atoms with van der Waals surface area (Å²) < 4.78 is 26.8. The quantitative estimate of drug-likeness (QED) is 0.371. The molecular weight excluding hydrogens is 521 g/mol. The number of hydrogen-bond donors (Lipinski definition) is 1. The van der Waals surface area contributed by atoms with Crippen LogP contribution in [-0.2, 0) is 26.2 Å². The van der Waals surface area contributed by atoms with Gasteiger partial charge in [-0.1, -0.05) is 61.3 Å². The number of nitrogens with zero attached hydrogens (tertiary/aromatic N) is 2. The molecule has 2 atom stereocenters. The smallest absolute Gasteiger partial charge is 0.243 e. The van der Waals surface area contributed by atoms with Gasteiger partial charge in [-0.05, 0) is 56.0 Å². The molecule has 0 bridgehead atoms. The second-order valence-electron chi connectivity index (χ2n) is 8.76. The van der Waals surface area contributed by atoms with Gasteiger partial charge < -0.3 is 10.2 Å². The van der Waals surface area contributed by atoms with E-state index in [9.17, 15) is 18.0 Å². The van der Waals surface area contributed by atoms with Crippen LogP contribution in [0.15, 0.2) is 53.4 Å². The summed E-state index contributed by atoms with van der Waals surface area (Å²) in [5, 5.41) is 3.74. The van der Waals surface area contributed by atoms with Crippen LogP contribution in [0.4, 0.5) is 0 Å². The van der Waals surface area contributed by atoms with Gasteiger partial charge in [0.15, 0.2) is 0 Å². The number of carbonyl (C=O) groups excluding carboxylic acids is 2. The Bertz CT molecular complexity index is 1130. The average molecular weight is 557 g/mol. The van der Waals surface area contributed by atoms with Gasteiger partial charge in [0.25, 0.3) is 0 Å². The van der Waals surface area contributed by atoms with Crippen LogP contribution >= 0.6 is 23.2 Å². The fourth-order valence-electron chi connectivity index (χ4n) is 3.68. The Morgan fingerprint density at radius 3 is 2.25 bits per heavy atom. The van der Waals surface area contributed by atoms with Crippen LogP contribution < -0.4 is 5.32 Å². The molecule has 0 aliphatic carbocycles. The summed E-state index contributed by atoms with van der Waals surface area (Å²) >= 11 is 12.2. The van der Waals surface area contributed by atoms with Crippen molar-refractivity contribution in [2.24, 2.45) is 0 Å². The maximum atomic E-state index is 13.4. The molecule has 0 saturated heterocycles. The summed E-state index contributed by atoms with van der Waals surface area (Å²) in [5.74, 6) is -0.457. The van der Waals surface area contributed by atoms with E-state index in [1.165, 1.54) is 23.5 Å². The molecule has 0 aromatic heterocycles. The monoisotopic (exact) mass is 555 g/mol. The minimum absolute atomic E-state index is 0.0229. The van der Waals surface area contributed by atoms with E-state index >= 15 is 0 Å². The van der Waals surface area contributed by atoms with Crippen molar-refractivity contribution in [3.63, 3.8) is 0 Å². The molecular formula is C26H35Cl2N3O4S. The van der Waals surface area contributed by atoms with Crippen molar-refractivity contribution in [1.29, 1.82) is 0 Å². The van der Waals surface area contributed by atoms with E-state index in [2.05, 4.69) is 5.32 Å². The number of rotatable bonds is 13. The maximum absolute atomic E-state index is 13.4. The third kappa shape index (κ3) is 8.20. The topological polar surface area (TPSA) is 86.8 Å². The Labute approximate surface area is 224 Å². The molecule has 7 nitrogen and oxygen atoms in total. The first-order valence-electron chi connectivity index (χ1n) is 12.1. The number of hydrogen-bond acceptors (Lipinski definition) is 4. The van der Waals surface area contributed by atoms with E-state index in [4.69, 9.17) is 23.2 Å². The van der Waals surface area contributed by atoms with Crippen molar-refractivity contribution >= 4 is 45.0 Å². The highest BCUT2D eigenvalue weighted by molar-refractivity contribution is 7.89. The molecule has 0 unspecified atom stereocenters. The van der Waals surface area contributed by atoms with Crippen molar-refractivity contribution in [2.75, 3.05) is 13.6 Å². The third-order valence-corrected chi connectivity index (χ3v) is 8.65. The van der Waals surface area contributed by atoms with Crippen LogP contribution in [-0.4, -0.2) is 55.1 Å². The Hall–Kier alpha value is -2.13. The van der Waals surface area contributed by atoms with Gasteiger partial charge in [0.2, 0.25) is 21.8 Å². The molecule has 0 aliphatic rings. The first-order valence-corrected chi connectivity index (χ1v) is 14.3. The van der Waals surface area contributed by atoms with E-state index in [1.807, 2.05) is 20.8 Å². The van der Waals surface area contributed by atoms with E-state index in [0.29, 0.717) is 22.9 Å². The van der Waals surface area contributed by atoms with Gasteiger partial charge in [0.1, 0.15) is 6.04 Å². The number of amides is 2. The van der Waals surface area contributed by atoms with Crippen molar-refractivity contribution in [3.05, 3.63) is 64.1 Å². The Kier molecular flexibility index (Phi) is 11.7. The van der Waals surface area contributed by atoms with E-state index < -0.39 is 16.1 Å². The zero-order valence-electron chi connectivity index (χ0n) is 21.2. The van der Waals surface area contributed by atoms with E-state index in [-0.39, 0.29) is 42.3 Å². The Balaban J connectivity index is 2.17. The second kappa shape index (κ2) is 14.0. The van der Waals surface area contributed by atoms with Crippen molar-refractivity contribution < 1.29 is 18.0 Å². The Morgan fingerprint density at radius 1 is 1.00 bits per heavy atom. The normalized spacial score (nSPS) is 13.3. The number of benzene rings is 2. The standard InChI is InChI=1S/C26H35Cl2N3O4S/c1-5-19(3)29-26(33)24(6-2)31(18-20-14-15-22(27)23(28)17-20)25(32)13-10-16-30(4)36(34,35)21-11-8-7-9-12-21/h7-9,11-12,14-15,17,19,24H,5-6,10,13,16,18H2,1-4H3,(H,29,33)/t19-,24-/m0/s1. The first kappa shape index (κ1) is 30.1. The summed E-state index contributed by atoms with van der Waals surface area (Å²) in [6, 6.07) is 12.6. The molecule has 2 aromatic carbocycles. The van der Waals surface area contributed by atoms with E-state index in [0.717, 1.165) is 12.0 Å². The number of halogens is 2. The van der Waals surface area contributed by atoms with Crippen LogP contribution in [0.2, 0.25) is 10.0 Å². The number of carbonyl (C=O) groups is 2. The van der Waals surface area contributed by atoms with Gasteiger partial charge in [-0.25, -0.2) is 12.7 Å². The van der Waals surface area contributed by atoms with E-state index in [1.54, 1.807) is 41.3 Å². The van der Waals surface area contributed by atoms with Gasteiger partial charge in [0, 0.05) is 32.6 Å². The lowest BCUT2D eigenvalue weighted by molar-refractivity contribution is -0.141. The summed E-state index contributed by atoms with van der Waals surface area (Å²) in [7, 11) is -2.15. The van der Waals surface area contributed by atoms with Gasteiger partial charge in [-0.15, -0.1) is 0 Å². The highest BCUT2D eigenvalue weighted by atomic mass is 35.5. The molecule has 0 spiro atoms. The molecule has 0 heterocycles. The minimum atomic E-state index is -3.65. The lowest BCUT2D eigenvalue weighted by Gasteiger charge is -2.32. The maximum Gasteiger partial charge on any atom is 0.243 e. The van der Waals surface area contributed by atoms with Gasteiger partial charge >= 0.3 is 0 Å². The van der Waals surface area contributed by atoms with Crippen LogP contribution in [0.25, 0.3) is 0 Å². The van der Waals surface area contributed by atoms with Crippen molar-refractivity contribution in [1.82, 2.24) is 14.5 Å². The highest BCUT2D eigenvalue weighted by Gasteiger charge is 2.29. The summed E-state index contributed by atoms with van der Waals surface area (Å²) in [5.41, 5.74) is 0.747.